The number of carbonyl (C=O) groups excluding carboxylic acids is 1. The molecule has 0 bridgehead atoms. The molecular weight excluding hydrogens is 348 g/mol. The summed E-state index contributed by atoms with van der Waals surface area (Å²) in [5, 5.41) is 2.74. The minimum atomic E-state index is -1.80. The van der Waals surface area contributed by atoms with Crippen LogP contribution >= 0.6 is 0 Å². The van der Waals surface area contributed by atoms with Crippen LogP contribution in [-0.4, -0.2) is 21.9 Å². The first-order chi connectivity index (χ1) is 12.2. The summed E-state index contributed by atoms with van der Waals surface area (Å²) in [6.07, 6.45) is 10.7. The normalized spacial score (nSPS) is 15.8. The van der Waals surface area contributed by atoms with Crippen molar-refractivity contribution in [2.45, 2.75) is 90.6 Å². The van der Waals surface area contributed by atoms with Gasteiger partial charge in [0.1, 0.15) is 0 Å². The van der Waals surface area contributed by atoms with E-state index in [0.29, 0.717) is 5.78 Å². The molecule has 0 saturated carbocycles. The van der Waals surface area contributed by atoms with Crippen molar-refractivity contribution in [2.75, 3.05) is 0 Å². The Morgan fingerprint density at radius 3 is 1.62 bits per heavy atom. The molecule has 0 fully saturated rings. The van der Waals surface area contributed by atoms with Crippen LogP contribution in [0.25, 0.3) is 0 Å². The van der Waals surface area contributed by atoms with Gasteiger partial charge in [-0.15, -0.1) is 13.2 Å². The highest BCUT2D eigenvalue weighted by molar-refractivity contribution is 6.92. The monoisotopic (exact) mass is 388 g/mol. The molecule has 0 spiro atoms. The molecule has 0 radical (unpaired) electrons. The van der Waals surface area contributed by atoms with Crippen LogP contribution in [0.4, 0.5) is 0 Å². The standard InChI is InChI=1S/C23H40OSi2/c1-9-13-15-19-21(24)23(26(7,8)18-12-4)20(16-14-10-2)22(19)25(5,6)17-11-3/h11-12H,3-4,9-10,13-18H2,1-2,5-8H3. The van der Waals surface area contributed by atoms with E-state index >= 15 is 0 Å². The van der Waals surface area contributed by atoms with Crippen molar-refractivity contribution in [3.63, 3.8) is 0 Å². The maximum Gasteiger partial charge on any atom is 0.181 e. The third-order valence-electron chi connectivity index (χ3n) is 5.63. The average molecular weight is 389 g/mol. The van der Waals surface area contributed by atoms with Crippen LogP contribution < -0.4 is 0 Å². The Balaban J connectivity index is 3.62. The number of carbonyl (C=O) groups is 1. The molecule has 0 aliphatic heterocycles. The summed E-state index contributed by atoms with van der Waals surface area (Å²) in [7, 11) is -3.51. The zero-order valence-corrected chi connectivity index (χ0v) is 20.1. The average Bonchev–Trinajstić information content (AvgIpc) is 2.84. The molecule has 0 saturated heterocycles. The SMILES string of the molecule is C=CC[Si](C)(C)C1=C(CCCC)C([Si](C)(C)CC=C)=C(CCCC)C1=O. The molecule has 1 rings (SSSR count). The summed E-state index contributed by atoms with van der Waals surface area (Å²) in [5.74, 6) is 0.405. The number of ketones is 1. The van der Waals surface area contributed by atoms with E-state index < -0.39 is 16.1 Å². The minimum absolute atomic E-state index is 0.405. The van der Waals surface area contributed by atoms with Crippen LogP contribution in [0.1, 0.15) is 52.4 Å². The molecule has 1 aliphatic carbocycles. The maximum atomic E-state index is 13.6. The van der Waals surface area contributed by atoms with Gasteiger partial charge in [-0.3, -0.25) is 4.79 Å². The third kappa shape index (κ3) is 5.07. The predicted molar refractivity (Wildman–Crippen MR) is 123 cm³/mol. The lowest BCUT2D eigenvalue weighted by Gasteiger charge is -2.29. The van der Waals surface area contributed by atoms with Gasteiger partial charge in [-0.05, 0) is 59.3 Å². The molecule has 0 heterocycles. The van der Waals surface area contributed by atoms with E-state index in [9.17, 15) is 4.79 Å². The summed E-state index contributed by atoms with van der Waals surface area (Å²) in [6.45, 7) is 22.0. The number of hydrogen-bond acceptors (Lipinski definition) is 1. The van der Waals surface area contributed by atoms with E-state index in [-0.39, 0.29) is 0 Å². The highest BCUT2D eigenvalue weighted by Gasteiger charge is 2.44. The molecular formula is C23H40OSi2. The Morgan fingerprint density at radius 2 is 1.19 bits per heavy atom. The van der Waals surface area contributed by atoms with Crippen molar-refractivity contribution < 1.29 is 4.79 Å². The lowest BCUT2D eigenvalue weighted by Crippen LogP contribution is -2.33. The van der Waals surface area contributed by atoms with Crippen molar-refractivity contribution in [1.82, 2.24) is 0 Å². The van der Waals surface area contributed by atoms with E-state index in [4.69, 9.17) is 0 Å². The Labute approximate surface area is 164 Å². The topological polar surface area (TPSA) is 17.1 Å². The number of hydrogen-bond donors (Lipinski definition) is 0. The largest absolute Gasteiger partial charge is 0.290 e. The molecule has 0 unspecified atom stereocenters. The van der Waals surface area contributed by atoms with Crippen LogP contribution in [-0.2, 0) is 4.79 Å². The molecule has 1 nitrogen and oxygen atoms in total. The molecule has 0 aromatic rings. The quantitative estimate of drug-likeness (QED) is 0.251. The smallest absolute Gasteiger partial charge is 0.181 e. The van der Waals surface area contributed by atoms with Gasteiger partial charge in [0.05, 0.1) is 16.1 Å². The van der Waals surface area contributed by atoms with Gasteiger partial charge in [0.25, 0.3) is 0 Å². The lowest BCUT2D eigenvalue weighted by molar-refractivity contribution is -0.111. The maximum absolute atomic E-state index is 13.6. The molecule has 3 heteroatoms. The summed E-state index contributed by atoms with van der Waals surface area (Å²) in [5.41, 5.74) is 2.64. The van der Waals surface area contributed by atoms with Crippen molar-refractivity contribution in [2.24, 2.45) is 0 Å². The van der Waals surface area contributed by atoms with Gasteiger partial charge in [-0.2, -0.15) is 0 Å². The van der Waals surface area contributed by atoms with Crippen molar-refractivity contribution in [3.05, 3.63) is 46.8 Å². The van der Waals surface area contributed by atoms with E-state index in [2.05, 4.69) is 59.3 Å². The first-order valence-corrected chi connectivity index (χ1v) is 16.8. The molecule has 26 heavy (non-hydrogen) atoms. The highest BCUT2D eigenvalue weighted by Crippen LogP contribution is 2.45. The first kappa shape index (κ1) is 23.1. The number of unbranched alkanes of at least 4 members (excludes halogenated alkanes) is 2. The Bertz CT molecular complexity index is 606. The number of allylic oxidation sites excluding steroid dienone is 6. The minimum Gasteiger partial charge on any atom is -0.290 e. The number of Topliss-reactive ketones (excluding diaryl/α,β-unsaturated/α-hetero) is 1. The molecule has 0 aromatic carbocycles. The zero-order valence-electron chi connectivity index (χ0n) is 18.1. The Hall–Kier alpha value is -0.936. The first-order valence-electron chi connectivity index (χ1n) is 10.4. The summed E-state index contributed by atoms with van der Waals surface area (Å²) < 4.78 is 0. The van der Waals surface area contributed by atoms with Gasteiger partial charge < -0.3 is 0 Å². The summed E-state index contributed by atoms with van der Waals surface area (Å²) in [6, 6.07) is 2.04. The second-order valence-electron chi connectivity index (χ2n) is 9.00. The number of rotatable bonds is 12. The van der Waals surface area contributed by atoms with E-state index in [1.54, 1.807) is 0 Å². The van der Waals surface area contributed by atoms with Crippen molar-refractivity contribution >= 4 is 21.9 Å². The second-order valence-corrected chi connectivity index (χ2v) is 18.3. The van der Waals surface area contributed by atoms with Crippen molar-refractivity contribution in [1.29, 1.82) is 0 Å². The van der Waals surface area contributed by atoms with E-state index in [0.717, 1.165) is 37.8 Å². The highest BCUT2D eigenvalue weighted by atomic mass is 28.3. The molecule has 0 aromatic heterocycles. The van der Waals surface area contributed by atoms with Gasteiger partial charge >= 0.3 is 0 Å². The molecule has 1 aliphatic rings. The van der Waals surface area contributed by atoms with Gasteiger partial charge in [-0.25, -0.2) is 0 Å². The molecule has 146 valence electrons. The second kappa shape index (κ2) is 9.84. The Morgan fingerprint density at radius 1 is 0.769 bits per heavy atom. The van der Waals surface area contributed by atoms with Gasteiger partial charge in [0.2, 0.25) is 0 Å². The van der Waals surface area contributed by atoms with Crippen LogP contribution in [0.15, 0.2) is 46.8 Å². The van der Waals surface area contributed by atoms with Crippen LogP contribution in [0, 0.1) is 0 Å². The van der Waals surface area contributed by atoms with E-state index in [1.807, 2.05) is 6.08 Å². The fraction of sp³-hybridized carbons (Fsp3) is 0.609. The Kier molecular flexibility index (Phi) is 8.75. The van der Waals surface area contributed by atoms with Gasteiger partial charge in [-0.1, -0.05) is 65.0 Å². The molecule has 0 N–H and O–H groups in total. The van der Waals surface area contributed by atoms with Crippen LogP contribution in [0.2, 0.25) is 38.3 Å². The van der Waals surface area contributed by atoms with Gasteiger partial charge in [0, 0.05) is 0 Å². The summed E-state index contributed by atoms with van der Waals surface area (Å²) >= 11 is 0. The zero-order chi connectivity index (χ0) is 20.0. The van der Waals surface area contributed by atoms with Crippen LogP contribution in [0.5, 0.6) is 0 Å². The summed E-state index contributed by atoms with van der Waals surface area (Å²) in [4.78, 5) is 13.6. The van der Waals surface area contributed by atoms with Crippen LogP contribution in [0.3, 0.4) is 0 Å². The molecule has 0 amide bonds. The van der Waals surface area contributed by atoms with Crippen molar-refractivity contribution in [3.8, 4) is 0 Å². The predicted octanol–water partition coefficient (Wildman–Crippen LogP) is 7.41. The van der Waals surface area contributed by atoms with Gasteiger partial charge in [0.15, 0.2) is 5.78 Å². The fourth-order valence-corrected chi connectivity index (χ4v) is 10.3. The fourth-order valence-electron chi connectivity index (χ4n) is 4.36. The van der Waals surface area contributed by atoms with E-state index in [1.165, 1.54) is 34.4 Å². The molecule has 0 atom stereocenters. The third-order valence-corrected chi connectivity index (χ3v) is 12.1. The lowest BCUT2D eigenvalue weighted by atomic mass is 10.1.